The summed E-state index contributed by atoms with van der Waals surface area (Å²) in [6, 6.07) is 6.13. The first kappa shape index (κ1) is 14.2. The van der Waals surface area contributed by atoms with Crippen molar-refractivity contribution in [1.82, 2.24) is 9.97 Å². The molecule has 7 nitrogen and oxygen atoms in total. The largest absolute Gasteiger partial charge is 0.437 e. The van der Waals surface area contributed by atoms with Gasteiger partial charge in [-0.3, -0.25) is 10.1 Å². The van der Waals surface area contributed by atoms with Crippen LogP contribution in [0, 0.1) is 10.1 Å². The van der Waals surface area contributed by atoms with Crippen LogP contribution in [0.5, 0.6) is 11.6 Å². The van der Waals surface area contributed by atoms with Gasteiger partial charge in [0.05, 0.1) is 4.92 Å². The molecular formula is C12H11BrN4O3. The van der Waals surface area contributed by atoms with Gasteiger partial charge in [0.25, 0.3) is 5.69 Å². The first-order chi connectivity index (χ1) is 9.61. The van der Waals surface area contributed by atoms with Crippen LogP contribution in [-0.4, -0.2) is 21.4 Å². The molecule has 2 aromatic rings. The van der Waals surface area contributed by atoms with Crippen molar-refractivity contribution < 1.29 is 9.66 Å². The van der Waals surface area contributed by atoms with Gasteiger partial charge in [0.15, 0.2) is 5.75 Å². The molecule has 0 saturated heterocycles. The number of nitro groups is 1. The molecule has 0 aliphatic carbocycles. The van der Waals surface area contributed by atoms with E-state index in [-0.39, 0.29) is 10.2 Å². The van der Waals surface area contributed by atoms with Gasteiger partial charge in [-0.1, -0.05) is 6.07 Å². The maximum atomic E-state index is 10.9. The number of anilines is 1. The monoisotopic (exact) mass is 338 g/mol. The quantitative estimate of drug-likeness (QED) is 0.663. The molecule has 1 N–H and O–H groups in total. The summed E-state index contributed by atoms with van der Waals surface area (Å²) < 4.78 is 5.82. The number of nitrogens with one attached hydrogen (secondary N) is 1. The van der Waals surface area contributed by atoms with E-state index in [0.717, 1.165) is 0 Å². The number of benzene rings is 1. The van der Waals surface area contributed by atoms with E-state index in [1.54, 1.807) is 24.4 Å². The Morgan fingerprint density at radius 1 is 1.45 bits per heavy atom. The molecule has 0 bridgehead atoms. The molecule has 0 fully saturated rings. The number of halogens is 1. The lowest BCUT2D eigenvalue weighted by Gasteiger charge is -2.08. The fourth-order valence-electron chi connectivity index (χ4n) is 1.47. The Kier molecular flexibility index (Phi) is 4.46. The van der Waals surface area contributed by atoms with E-state index in [1.165, 1.54) is 6.07 Å². The highest BCUT2D eigenvalue weighted by Gasteiger charge is 2.16. The topological polar surface area (TPSA) is 90.2 Å². The summed E-state index contributed by atoms with van der Waals surface area (Å²) in [5, 5.41) is 13.8. The minimum atomic E-state index is -0.485. The molecule has 0 aliphatic rings. The fraction of sp³-hybridized carbons (Fsp3) is 0.167. The fourth-order valence-corrected chi connectivity index (χ4v) is 1.96. The Hall–Kier alpha value is -2.22. The van der Waals surface area contributed by atoms with Crippen LogP contribution in [0.3, 0.4) is 0 Å². The molecule has 0 saturated carbocycles. The number of nitrogens with zero attached hydrogens (tertiary/aromatic N) is 3. The average molecular weight is 339 g/mol. The van der Waals surface area contributed by atoms with Gasteiger partial charge >= 0.3 is 0 Å². The second-order valence-electron chi connectivity index (χ2n) is 3.70. The second kappa shape index (κ2) is 6.29. The molecular weight excluding hydrogens is 328 g/mol. The third-order valence-corrected chi connectivity index (χ3v) is 3.12. The maximum absolute atomic E-state index is 10.9. The van der Waals surface area contributed by atoms with Crippen LogP contribution < -0.4 is 10.1 Å². The Bertz CT molecular complexity index is 636. The number of rotatable bonds is 5. The smallest absolute Gasteiger partial charge is 0.287 e. The highest BCUT2D eigenvalue weighted by Crippen LogP contribution is 2.35. The molecule has 0 spiro atoms. The van der Waals surface area contributed by atoms with Crippen molar-refractivity contribution in [2.75, 3.05) is 11.9 Å². The van der Waals surface area contributed by atoms with Crippen molar-refractivity contribution in [3.05, 3.63) is 45.0 Å². The van der Waals surface area contributed by atoms with Gasteiger partial charge in [0, 0.05) is 24.9 Å². The van der Waals surface area contributed by atoms with E-state index in [2.05, 4.69) is 31.2 Å². The number of hydrogen-bond donors (Lipinski definition) is 1. The lowest BCUT2D eigenvalue weighted by molar-refractivity contribution is -0.385. The number of ether oxygens (including phenoxy) is 1. The molecule has 20 heavy (non-hydrogen) atoms. The van der Waals surface area contributed by atoms with Crippen molar-refractivity contribution in [2.24, 2.45) is 0 Å². The molecule has 8 heteroatoms. The van der Waals surface area contributed by atoms with Gasteiger partial charge in [-0.2, -0.15) is 4.98 Å². The normalized spacial score (nSPS) is 10.1. The third kappa shape index (κ3) is 3.21. The molecule has 104 valence electrons. The Labute approximate surface area is 123 Å². The van der Waals surface area contributed by atoms with E-state index >= 15 is 0 Å². The summed E-state index contributed by atoms with van der Waals surface area (Å²) in [6.07, 6.45) is 1.55. The number of aromatic nitrogens is 2. The van der Waals surface area contributed by atoms with Crippen LogP contribution in [0.15, 0.2) is 34.9 Å². The standard InChI is InChI=1S/C12H11BrN4O3/c1-2-14-12-15-7-6-10(16-12)20-9-5-3-4-8(11(9)13)17(18)19/h3-7H,2H2,1H3,(H,14,15,16). The van der Waals surface area contributed by atoms with Gasteiger partial charge in [0.2, 0.25) is 11.8 Å². The zero-order valence-electron chi connectivity index (χ0n) is 10.5. The van der Waals surface area contributed by atoms with Gasteiger partial charge in [-0.15, -0.1) is 0 Å². The number of nitro benzene ring substituents is 1. The molecule has 1 heterocycles. The molecule has 0 radical (unpaired) electrons. The average Bonchev–Trinajstić information content (AvgIpc) is 2.42. The van der Waals surface area contributed by atoms with Crippen LogP contribution in [0.2, 0.25) is 0 Å². The summed E-state index contributed by atoms with van der Waals surface area (Å²) in [4.78, 5) is 18.5. The van der Waals surface area contributed by atoms with Crippen molar-refractivity contribution in [2.45, 2.75) is 6.92 Å². The van der Waals surface area contributed by atoms with Crippen LogP contribution in [0.4, 0.5) is 11.6 Å². The Morgan fingerprint density at radius 2 is 2.25 bits per heavy atom. The molecule has 0 aliphatic heterocycles. The molecule has 2 rings (SSSR count). The predicted octanol–water partition coefficient (Wildman–Crippen LogP) is 3.37. The summed E-state index contributed by atoms with van der Waals surface area (Å²) in [5.74, 6) is 1.06. The lowest BCUT2D eigenvalue weighted by atomic mass is 10.3. The molecule has 0 atom stereocenters. The van der Waals surface area contributed by atoms with Gasteiger partial charge in [0.1, 0.15) is 4.47 Å². The zero-order valence-corrected chi connectivity index (χ0v) is 12.1. The molecule has 1 aromatic heterocycles. The van der Waals surface area contributed by atoms with Crippen LogP contribution in [-0.2, 0) is 0 Å². The first-order valence-electron chi connectivity index (χ1n) is 5.79. The van der Waals surface area contributed by atoms with Crippen molar-refractivity contribution in [3.63, 3.8) is 0 Å². The minimum Gasteiger partial charge on any atom is -0.437 e. The summed E-state index contributed by atoms with van der Waals surface area (Å²) in [6.45, 7) is 2.61. The highest BCUT2D eigenvalue weighted by molar-refractivity contribution is 9.10. The van der Waals surface area contributed by atoms with Crippen molar-refractivity contribution in [3.8, 4) is 11.6 Å². The van der Waals surface area contributed by atoms with E-state index in [4.69, 9.17) is 4.74 Å². The van der Waals surface area contributed by atoms with Crippen molar-refractivity contribution >= 4 is 27.6 Å². The zero-order chi connectivity index (χ0) is 14.5. The summed E-state index contributed by atoms with van der Waals surface area (Å²) >= 11 is 3.16. The SMILES string of the molecule is CCNc1nccc(Oc2cccc([N+](=O)[O-])c2Br)n1. The maximum Gasteiger partial charge on any atom is 0.287 e. The van der Waals surface area contributed by atoms with Gasteiger partial charge in [-0.25, -0.2) is 4.98 Å². The lowest BCUT2D eigenvalue weighted by Crippen LogP contribution is -2.02. The molecule has 0 unspecified atom stereocenters. The van der Waals surface area contributed by atoms with E-state index in [0.29, 0.717) is 24.1 Å². The first-order valence-corrected chi connectivity index (χ1v) is 6.58. The second-order valence-corrected chi connectivity index (χ2v) is 4.49. The predicted molar refractivity (Wildman–Crippen MR) is 77.1 cm³/mol. The Morgan fingerprint density at radius 3 is 2.95 bits per heavy atom. The highest BCUT2D eigenvalue weighted by atomic mass is 79.9. The van der Waals surface area contributed by atoms with E-state index in [9.17, 15) is 10.1 Å². The summed E-state index contributed by atoms with van der Waals surface area (Å²) in [7, 11) is 0. The third-order valence-electron chi connectivity index (χ3n) is 2.32. The molecule has 0 amide bonds. The van der Waals surface area contributed by atoms with Crippen molar-refractivity contribution in [1.29, 1.82) is 0 Å². The van der Waals surface area contributed by atoms with Crippen LogP contribution in [0.25, 0.3) is 0 Å². The van der Waals surface area contributed by atoms with Crippen LogP contribution >= 0.6 is 15.9 Å². The van der Waals surface area contributed by atoms with Gasteiger partial charge < -0.3 is 10.1 Å². The minimum absolute atomic E-state index is 0.0662. The van der Waals surface area contributed by atoms with Crippen LogP contribution in [0.1, 0.15) is 6.92 Å². The van der Waals surface area contributed by atoms with Gasteiger partial charge in [-0.05, 0) is 28.9 Å². The number of hydrogen-bond acceptors (Lipinski definition) is 6. The van der Waals surface area contributed by atoms with E-state index in [1.807, 2.05) is 6.92 Å². The Balaban J connectivity index is 2.28. The summed E-state index contributed by atoms with van der Waals surface area (Å²) in [5.41, 5.74) is -0.0662. The molecule has 1 aromatic carbocycles. The van der Waals surface area contributed by atoms with E-state index < -0.39 is 4.92 Å².